The predicted octanol–water partition coefficient (Wildman–Crippen LogP) is 11.6. The first kappa shape index (κ1) is 30.7. The Labute approximate surface area is 265 Å². The number of allylic oxidation sites excluding steroid dienone is 4. The molecule has 2 fully saturated rings. The molecule has 4 aliphatic rings. The van der Waals surface area contributed by atoms with Crippen LogP contribution >= 0.6 is 0 Å². The Morgan fingerprint density at radius 3 is 1.52 bits per heavy atom. The Hall–Kier alpha value is -1.33. The van der Waals surface area contributed by atoms with Crippen LogP contribution in [0, 0.1) is 23.7 Å². The van der Waals surface area contributed by atoms with Crippen molar-refractivity contribution in [2.24, 2.45) is 23.7 Å². The van der Waals surface area contributed by atoms with E-state index in [1.807, 2.05) is 3.28 Å². The number of hydrogen-bond acceptors (Lipinski definition) is 0. The standard InChI is InChI=1S/C21H25.C15H26.C5H5.Zr/c1-20(2,3)16-7-9-18-14(12-16)11-15-13-17(21(4,5)6)8-10-19(15)18;1-12(14-7-3-4-8-14)11-13(2)15-9-5-6-10-15;1-2-4-5-3-1;/h7-13H,1-6H3;12-15H,3-10H2,1-2H3;1-3H,4H2;. The van der Waals surface area contributed by atoms with Crippen molar-refractivity contribution in [3.8, 4) is 11.1 Å². The van der Waals surface area contributed by atoms with Crippen LogP contribution in [0.15, 0.2) is 57.9 Å². The van der Waals surface area contributed by atoms with E-state index in [2.05, 4.69) is 113 Å². The van der Waals surface area contributed by atoms with Crippen molar-refractivity contribution in [3.63, 3.8) is 0 Å². The van der Waals surface area contributed by atoms with Crippen molar-refractivity contribution in [3.05, 3.63) is 80.2 Å². The molecule has 2 atom stereocenters. The summed E-state index contributed by atoms with van der Waals surface area (Å²) in [5, 5.41) is 0. The molecule has 42 heavy (non-hydrogen) atoms. The first-order chi connectivity index (χ1) is 19.9. The Kier molecular flexibility index (Phi) is 8.68. The van der Waals surface area contributed by atoms with Crippen LogP contribution in [-0.2, 0) is 32.1 Å². The van der Waals surface area contributed by atoms with Crippen LogP contribution in [-0.4, -0.2) is 3.21 Å². The van der Waals surface area contributed by atoms with Gasteiger partial charge in [0, 0.05) is 0 Å². The van der Waals surface area contributed by atoms with Gasteiger partial charge >= 0.3 is 267 Å². The number of rotatable bonds is 6. The average Bonchev–Trinajstić information content (AvgIpc) is 3.77. The molecule has 4 aliphatic carbocycles. The van der Waals surface area contributed by atoms with Gasteiger partial charge in [-0.3, -0.25) is 0 Å². The molecule has 2 saturated carbocycles. The first-order valence-electron chi connectivity index (χ1n) is 17.3. The van der Waals surface area contributed by atoms with Crippen molar-refractivity contribution in [2.75, 3.05) is 0 Å². The topological polar surface area (TPSA) is 0 Å². The van der Waals surface area contributed by atoms with Gasteiger partial charge in [0.1, 0.15) is 0 Å². The quantitative estimate of drug-likeness (QED) is 0.295. The molecule has 0 N–H and O–H groups in total. The molecular formula is C41H56Zr. The van der Waals surface area contributed by atoms with Crippen LogP contribution in [0.2, 0.25) is 0 Å². The Balaban J connectivity index is 1.65. The molecule has 0 saturated heterocycles. The van der Waals surface area contributed by atoms with Gasteiger partial charge in [0.25, 0.3) is 0 Å². The molecule has 0 radical (unpaired) electrons. The SMILES string of the molecule is CC([C](C(C)C1CCCC1)=[Zr]([C]1=CC=CC1)[CH]1c2cc(C(C)(C)C)ccc2-c2ccc(C(C)(C)C)cc21)C1CCCC1. The molecular weight excluding hydrogens is 584 g/mol. The second-order valence-electron chi connectivity index (χ2n) is 16.4. The van der Waals surface area contributed by atoms with Gasteiger partial charge in [-0.15, -0.1) is 0 Å². The van der Waals surface area contributed by atoms with E-state index in [1.165, 1.54) is 80.0 Å². The molecule has 2 aromatic rings. The van der Waals surface area contributed by atoms with Gasteiger partial charge in [-0.05, 0) is 0 Å². The molecule has 0 aromatic heterocycles. The number of hydrogen-bond donors (Lipinski definition) is 0. The first-order valence-corrected chi connectivity index (χ1v) is 21.2. The van der Waals surface area contributed by atoms with E-state index in [9.17, 15) is 0 Å². The summed E-state index contributed by atoms with van der Waals surface area (Å²) < 4.78 is 4.57. The van der Waals surface area contributed by atoms with Gasteiger partial charge in [0.2, 0.25) is 0 Å². The van der Waals surface area contributed by atoms with E-state index in [4.69, 9.17) is 0 Å². The summed E-state index contributed by atoms with van der Waals surface area (Å²) >= 11 is -2.45. The molecule has 2 aromatic carbocycles. The van der Waals surface area contributed by atoms with Crippen molar-refractivity contribution >= 4 is 3.21 Å². The minimum absolute atomic E-state index is 0.156. The van der Waals surface area contributed by atoms with E-state index >= 15 is 0 Å². The third kappa shape index (κ3) is 5.75. The summed E-state index contributed by atoms with van der Waals surface area (Å²) in [7, 11) is 0. The molecule has 224 valence electrons. The summed E-state index contributed by atoms with van der Waals surface area (Å²) in [6, 6.07) is 15.3. The molecule has 0 spiro atoms. The van der Waals surface area contributed by atoms with Crippen molar-refractivity contribution in [1.29, 1.82) is 0 Å². The maximum atomic E-state index is 2.70. The van der Waals surface area contributed by atoms with E-state index in [-0.39, 0.29) is 10.8 Å². The van der Waals surface area contributed by atoms with Crippen LogP contribution < -0.4 is 0 Å². The van der Waals surface area contributed by atoms with Gasteiger partial charge in [0.15, 0.2) is 0 Å². The van der Waals surface area contributed by atoms with Crippen LogP contribution in [0.4, 0.5) is 0 Å². The second kappa shape index (κ2) is 11.9. The molecule has 0 amide bonds. The van der Waals surface area contributed by atoms with Gasteiger partial charge in [-0.25, -0.2) is 0 Å². The van der Waals surface area contributed by atoms with Crippen LogP contribution in [0.1, 0.15) is 139 Å². The van der Waals surface area contributed by atoms with Crippen LogP contribution in [0.3, 0.4) is 0 Å². The van der Waals surface area contributed by atoms with E-state index < -0.39 is 21.3 Å². The fraction of sp³-hybridized carbons (Fsp3) is 0.585. The Morgan fingerprint density at radius 2 is 1.14 bits per heavy atom. The second-order valence-corrected chi connectivity index (χ2v) is 22.8. The minimum atomic E-state index is -2.45. The monoisotopic (exact) mass is 638 g/mol. The molecule has 0 aliphatic heterocycles. The summed E-state index contributed by atoms with van der Waals surface area (Å²) in [6.45, 7) is 19.8. The fourth-order valence-corrected chi connectivity index (χ4v) is 19.4. The molecule has 6 rings (SSSR count). The van der Waals surface area contributed by atoms with Crippen LogP contribution in [0.5, 0.6) is 0 Å². The van der Waals surface area contributed by atoms with E-state index in [1.54, 1.807) is 11.1 Å². The summed E-state index contributed by atoms with van der Waals surface area (Å²) in [5.74, 6) is 3.33. The molecule has 1 heteroatoms. The fourth-order valence-electron chi connectivity index (χ4n) is 9.02. The molecule has 2 unspecified atom stereocenters. The van der Waals surface area contributed by atoms with Crippen molar-refractivity contribution < 1.29 is 21.3 Å². The maximum absolute atomic E-state index is 2.70. The molecule has 0 nitrogen and oxygen atoms in total. The van der Waals surface area contributed by atoms with Gasteiger partial charge < -0.3 is 0 Å². The van der Waals surface area contributed by atoms with E-state index in [0.717, 1.165) is 23.7 Å². The number of benzene rings is 2. The predicted molar refractivity (Wildman–Crippen MR) is 180 cm³/mol. The molecule has 0 heterocycles. The summed E-state index contributed by atoms with van der Waals surface area (Å²) in [4.78, 5) is 0. The van der Waals surface area contributed by atoms with Crippen LogP contribution in [0.25, 0.3) is 11.1 Å². The number of fused-ring (bicyclic) bond motifs is 3. The zero-order chi connectivity index (χ0) is 29.8. The molecule has 0 bridgehead atoms. The summed E-state index contributed by atoms with van der Waals surface area (Å²) in [6.07, 6.45) is 20.3. The summed E-state index contributed by atoms with van der Waals surface area (Å²) in [5.41, 5.74) is 9.76. The normalized spacial score (nSPS) is 21.0. The van der Waals surface area contributed by atoms with Gasteiger partial charge in [-0.1, -0.05) is 0 Å². The van der Waals surface area contributed by atoms with Crippen molar-refractivity contribution in [1.82, 2.24) is 0 Å². The van der Waals surface area contributed by atoms with Crippen molar-refractivity contribution in [2.45, 2.75) is 128 Å². The average molecular weight is 640 g/mol. The zero-order valence-corrected chi connectivity index (χ0v) is 30.4. The van der Waals surface area contributed by atoms with Gasteiger partial charge in [-0.2, -0.15) is 0 Å². The zero-order valence-electron chi connectivity index (χ0n) is 27.9. The third-order valence-corrected chi connectivity index (χ3v) is 21.0. The third-order valence-electron chi connectivity index (χ3n) is 11.7. The Bertz CT molecular complexity index is 1320. The van der Waals surface area contributed by atoms with Gasteiger partial charge in [0.05, 0.1) is 0 Å². The Morgan fingerprint density at radius 1 is 0.690 bits per heavy atom. The van der Waals surface area contributed by atoms with E-state index in [0.29, 0.717) is 3.63 Å².